The van der Waals surface area contributed by atoms with Gasteiger partial charge in [-0.2, -0.15) is 0 Å². The average Bonchev–Trinajstić information content (AvgIpc) is 1.65. The summed E-state index contributed by atoms with van der Waals surface area (Å²) in [7, 11) is 0. The SMILES string of the molecule is CC(Br)C[C@@H](N)CO. The molecule has 0 fully saturated rings. The molecule has 0 heterocycles. The zero-order valence-corrected chi connectivity index (χ0v) is 6.56. The van der Waals surface area contributed by atoms with Crippen LogP contribution >= 0.6 is 15.9 Å². The molecule has 0 saturated carbocycles. The van der Waals surface area contributed by atoms with Crippen molar-refractivity contribution in [1.29, 1.82) is 0 Å². The van der Waals surface area contributed by atoms with Crippen molar-refractivity contribution in [2.75, 3.05) is 6.61 Å². The topological polar surface area (TPSA) is 46.2 Å². The van der Waals surface area contributed by atoms with Crippen LogP contribution in [-0.2, 0) is 0 Å². The van der Waals surface area contributed by atoms with E-state index >= 15 is 0 Å². The molecule has 0 saturated heterocycles. The predicted molar refractivity (Wildman–Crippen MR) is 38.1 cm³/mol. The summed E-state index contributed by atoms with van der Waals surface area (Å²) in [5.41, 5.74) is 5.39. The van der Waals surface area contributed by atoms with Gasteiger partial charge in [0.15, 0.2) is 0 Å². The number of nitrogens with two attached hydrogens (primary N) is 1. The van der Waals surface area contributed by atoms with Gasteiger partial charge in [0.05, 0.1) is 6.61 Å². The molecule has 50 valence electrons. The number of alkyl halides is 1. The van der Waals surface area contributed by atoms with E-state index in [1.807, 2.05) is 6.92 Å². The Morgan fingerprint density at radius 1 is 1.75 bits per heavy atom. The van der Waals surface area contributed by atoms with E-state index in [1.165, 1.54) is 0 Å². The molecule has 2 atom stereocenters. The molecule has 3 heteroatoms. The average molecular weight is 182 g/mol. The Hall–Kier alpha value is 0.400. The van der Waals surface area contributed by atoms with Gasteiger partial charge in [0.25, 0.3) is 0 Å². The third-order valence-corrected chi connectivity index (χ3v) is 1.24. The summed E-state index contributed by atoms with van der Waals surface area (Å²) >= 11 is 3.32. The fourth-order valence-electron chi connectivity index (χ4n) is 0.492. The highest BCUT2D eigenvalue weighted by Gasteiger charge is 2.02. The maximum Gasteiger partial charge on any atom is 0.0582 e. The van der Waals surface area contributed by atoms with Crippen molar-refractivity contribution in [2.45, 2.75) is 24.2 Å². The Labute approximate surface area is 58.2 Å². The van der Waals surface area contributed by atoms with E-state index in [0.29, 0.717) is 4.83 Å². The predicted octanol–water partition coefficient (Wildman–Crippen LogP) is 0.480. The van der Waals surface area contributed by atoms with Crippen LogP contribution in [0, 0.1) is 0 Å². The van der Waals surface area contributed by atoms with Crippen LogP contribution in [0.2, 0.25) is 0 Å². The number of halogens is 1. The summed E-state index contributed by atoms with van der Waals surface area (Å²) < 4.78 is 0. The summed E-state index contributed by atoms with van der Waals surface area (Å²) in [6.45, 7) is 2.09. The van der Waals surface area contributed by atoms with Crippen molar-refractivity contribution in [2.24, 2.45) is 5.73 Å². The molecular weight excluding hydrogens is 170 g/mol. The van der Waals surface area contributed by atoms with Gasteiger partial charge in [-0.3, -0.25) is 0 Å². The van der Waals surface area contributed by atoms with Crippen molar-refractivity contribution in [3.8, 4) is 0 Å². The lowest BCUT2D eigenvalue weighted by atomic mass is 10.2. The van der Waals surface area contributed by atoms with Crippen molar-refractivity contribution < 1.29 is 5.11 Å². The van der Waals surface area contributed by atoms with Gasteiger partial charge in [0.2, 0.25) is 0 Å². The smallest absolute Gasteiger partial charge is 0.0582 e. The van der Waals surface area contributed by atoms with E-state index < -0.39 is 0 Å². The van der Waals surface area contributed by atoms with E-state index in [9.17, 15) is 0 Å². The lowest BCUT2D eigenvalue weighted by molar-refractivity contribution is 0.260. The Morgan fingerprint density at radius 3 is 2.38 bits per heavy atom. The lowest BCUT2D eigenvalue weighted by Gasteiger charge is -2.07. The van der Waals surface area contributed by atoms with Gasteiger partial charge >= 0.3 is 0 Å². The number of hydrogen-bond donors (Lipinski definition) is 2. The summed E-state index contributed by atoms with van der Waals surface area (Å²) in [4.78, 5) is 0.407. The molecule has 0 aliphatic carbocycles. The second kappa shape index (κ2) is 4.30. The molecular formula is C5H12BrNO. The molecule has 2 nitrogen and oxygen atoms in total. The number of rotatable bonds is 3. The molecule has 0 aliphatic rings. The number of aliphatic hydroxyl groups is 1. The molecule has 0 spiro atoms. The zero-order chi connectivity index (χ0) is 6.57. The first-order chi connectivity index (χ1) is 3.66. The number of aliphatic hydroxyl groups excluding tert-OH is 1. The van der Waals surface area contributed by atoms with Crippen LogP contribution in [0.3, 0.4) is 0 Å². The minimum atomic E-state index is -0.0654. The van der Waals surface area contributed by atoms with Crippen LogP contribution in [0.4, 0.5) is 0 Å². The van der Waals surface area contributed by atoms with Crippen LogP contribution in [0.25, 0.3) is 0 Å². The van der Waals surface area contributed by atoms with Crippen molar-refractivity contribution >= 4 is 15.9 Å². The standard InChI is InChI=1S/C5H12BrNO/c1-4(6)2-5(7)3-8/h4-5,8H,2-3,7H2,1H3/t4?,5-/m1/s1. The Bertz CT molecular complexity index is 58.4. The minimum absolute atomic E-state index is 0.0654. The molecule has 0 aliphatic heterocycles. The second-order valence-corrected chi connectivity index (χ2v) is 3.52. The van der Waals surface area contributed by atoms with E-state index in [2.05, 4.69) is 15.9 Å². The van der Waals surface area contributed by atoms with Crippen molar-refractivity contribution in [3.63, 3.8) is 0 Å². The molecule has 1 unspecified atom stereocenters. The van der Waals surface area contributed by atoms with Gasteiger partial charge in [-0.25, -0.2) is 0 Å². The molecule has 0 radical (unpaired) electrons. The van der Waals surface area contributed by atoms with Gasteiger partial charge in [0, 0.05) is 10.9 Å². The highest BCUT2D eigenvalue weighted by Crippen LogP contribution is 2.04. The summed E-state index contributed by atoms with van der Waals surface area (Å²) in [6, 6.07) is -0.0654. The first-order valence-corrected chi connectivity index (χ1v) is 3.59. The molecule has 0 rings (SSSR count). The molecule has 0 aromatic rings. The largest absolute Gasteiger partial charge is 0.395 e. The first-order valence-electron chi connectivity index (χ1n) is 2.67. The van der Waals surface area contributed by atoms with Crippen LogP contribution in [0.15, 0.2) is 0 Å². The van der Waals surface area contributed by atoms with E-state index in [1.54, 1.807) is 0 Å². The Kier molecular flexibility index (Phi) is 4.51. The summed E-state index contributed by atoms with van der Waals surface area (Å²) in [6.07, 6.45) is 0.830. The van der Waals surface area contributed by atoms with Gasteiger partial charge in [-0.1, -0.05) is 22.9 Å². The van der Waals surface area contributed by atoms with E-state index in [0.717, 1.165) is 6.42 Å². The molecule has 0 amide bonds. The van der Waals surface area contributed by atoms with E-state index in [4.69, 9.17) is 10.8 Å². The van der Waals surface area contributed by atoms with Gasteiger partial charge in [0.1, 0.15) is 0 Å². The normalized spacial score (nSPS) is 18.0. The second-order valence-electron chi connectivity index (χ2n) is 1.96. The van der Waals surface area contributed by atoms with Crippen LogP contribution in [-0.4, -0.2) is 22.6 Å². The Morgan fingerprint density at radius 2 is 2.25 bits per heavy atom. The molecule has 3 N–H and O–H groups in total. The third-order valence-electron chi connectivity index (χ3n) is 0.862. The summed E-state index contributed by atoms with van der Waals surface area (Å²) in [5.74, 6) is 0. The van der Waals surface area contributed by atoms with Crippen LogP contribution < -0.4 is 5.73 Å². The van der Waals surface area contributed by atoms with Crippen molar-refractivity contribution in [3.05, 3.63) is 0 Å². The van der Waals surface area contributed by atoms with Crippen LogP contribution in [0.5, 0.6) is 0 Å². The highest BCUT2D eigenvalue weighted by atomic mass is 79.9. The molecule has 0 bridgehead atoms. The van der Waals surface area contributed by atoms with Gasteiger partial charge < -0.3 is 10.8 Å². The lowest BCUT2D eigenvalue weighted by Crippen LogP contribution is -2.26. The fraction of sp³-hybridized carbons (Fsp3) is 1.00. The first kappa shape index (κ1) is 8.40. The van der Waals surface area contributed by atoms with Crippen LogP contribution in [0.1, 0.15) is 13.3 Å². The highest BCUT2D eigenvalue weighted by molar-refractivity contribution is 9.09. The summed E-state index contributed by atoms with van der Waals surface area (Å²) in [5, 5.41) is 8.44. The molecule has 0 aromatic heterocycles. The maximum atomic E-state index is 8.44. The minimum Gasteiger partial charge on any atom is -0.395 e. The third kappa shape index (κ3) is 4.56. The molecule has 0 aromatic carbocycles. The molecule has 8 heavy (non-hydrogen) atoms. The Balaban J connectivity index is 3.10. The van der Waals surface area contributed by atoms with Gasteiger partial charge in [-0.05, 0) is 6.42 Å². The van der Waals surface area contributed by atoms with Gasteiger partial charge in [-0.15, -0.1) is 0 Å². The number of hydrogen-bond acceptors (Lipinski definition) is 2. The quantitative estimate of drug-likeness (QED) is 0.623. The maximum absolute atomic E-state index is 8.44. The van der Waals surface area contributed by atoms with Crippen molar-refractivity contribution in [1.82, 2.24) is 0 Å². The fourth-order valence-corrected chi connectivity index (χ4v) is 0.972. The monoisotopic (exact) mass is 181 g/mol. The van der Waals surface area contributed by atoms with E-state index in [-0.39, 0.29) is 12.6 Å². The zero-order valence-electron chi connectivity index (χ0n) is 4.97.